The molecular weight excluding hydrogens is 439 g/mol. The smallest absolute Gasteiger partial charge is 0.373 e. The second kappa shape index (κ2) is 8.22. The molecule has 4 N–H and O–H groups in total. The van der Waals surface area contributed by atoms with Crippen LogP contribution in [0.3, 0.4) is 0 Å². The van der Waals surface area contributed by atoms with Gasteiger partial charge in [0.2, 0.25) is 5.60 Å². The quantitative estimate of drug-likeness (QED) is 0.540. The fourth-order valence-corrected chi connectivity index (χ4v) is 4.30. The van der Waals surface area contributed by atoms with Crippen LogP contribution in [0.25, 0.3) is 16.6 Å². The van der Waals surface area contributed by atoms with Gasteiger partial charge in [-0.3, -0.25) is 9.59 Å². The van der Waals surface area contributed by atoms with Gasteiger partial charge in [-0.05, 0) is 50.8 Å². The highest BCUT2D eigenvalue weighted by Crippen LogP contribution is 2.35. The average Bonchev–Trinajstić information content (AvgIpc) is 3.43. The molecule has 2 heterocycles. The summed E-state index contributed by atoms with van der Waals surface area (Å²) < 4.78 is 42.4. The molecule has 0 aliphatic heterocycles. The summed E-state index contributed by atoms with van der Waals surface area (Å²) in [5.41, 5.74) is 4.03. The van der Waals surface area contributed by atoms with Crippen molar-refractivity contribution in [3.63, 3.8) is 0 Å². The van der Waals surface area contributed by atoms with Gasteiger partial charge in [-0.15, -0.1) is 0 Å². The first kappa shape index (κ1) is 22.8. The van der Waals surface area contributed by atoms with Gasteiger partial charge < -0.3 is 25.3 Å². The molecule has 176 valence electrons. The third-order valence-corrected chi connectivity index (χ3v) is 6.28. The zero-order valence-corrected chi connectivity index (χ0v) is 17.8. The average molecular weight is 463 g/mol. The predicted molar refractivity (Wildman–Crippen MR) is 114 cm³/mol. The molecule has 0 bridgehead atoms. The van der Waals surface area contributed by atoms with E-state index in [1.807, 2.05) is 22.9 Å². The lowest BCUT2D eigenvalue weighted by Crippen LogP contribution is -2.57. The van der Waals surface area contributed by atoms with E-state index >= 15 is 0 Å². The third kappa shape index (κ3) is 4.20. The third-order valence-electron chi connectivity index (χ3n) is 6.28. The van der Waals surface area contributed by atoms with Crippen LogP contribution >= 0.6 is 0 Å². The van der Waals surface area contributed by atoms with E-state index in [1.54, 1.807) is 29.4 Å². The van der Waals surface area contributed by atoms with Crippen LogP contribution in [-0.2, 0) is 4.79 Å². The molecular formula is C22H24F3N5O3. The van der Waals surface area contributed by atoms with Crippen molar-refractivity contribution in [2.24, 2.45) is 5.73 Å². The SMILES string of the molecule is CC(O)(C(=O)NC1CCC(n2ccc3cc(-n4ccnc4)cc(C(N)=O)c32)CC1)C(F)(F)F. The van der Waals surface area contributed by atoms with Crippen LogP contribution in [0.5, 0.6) is 0 Å². The number of rotatable bonds is 5. The molecule has 4 rings (SSSR count). The van der Waals surface area contributed by atoms with Gasteiger partial charge in [0.25, 0.3) is 11.8 Å². The van der Waals surface area contributed by atoms with Gasteiger partial charge in [-0.2, -0.15) is 13.2 Å². The lowest BCUT2D eigenvalue weighted by atomic mass is 9.90. The Hall–Kier alpha value is -3.34. The highest BCUT2D eigenvalue weighted by molar-refractivity contribution is 6.06. The molecule has 1 saturated carbocycles. The number of halogens is 3. The molecule has 1 atom stereocenters. The van der Waals surface area contributed by atoms with E-state index in [4.69, 9.17) is 5.73 Å². The number of nitrogens with zero attached hydrogens (tertiary/aromatic N) is 3. The topological polar surface area (TPSA) is 115 Å². The summed E-state index contributed by atoms with van der Waals surface area (Å²) in [6, 6.07) is 5.01. The molecule has 3 aromatic rings. The number of hydrogen-bond acceptors (Lipinski definition) is 4. The van der Waals surface area contributed by atoms with Crippen LogP contribution in [0, 0.1) is 0 Å². The maximum absolute atomic E-state index is 12.9. The van der Waals surface area contributed by atoms with E-state index in [9.17, 15) is 27.9 Å². The summed E-state index contributed by atoms with van der Waals surface area (Å²) in [4.78, 5) is 28.2. The summed E-state index contributed by atoms with van der Waals surface area (Å²) >= 11 is 0. The van der Waals surface area contributed by atoms with Gasteiger partial charge in [-0.25, -0.2) is 4.98 Å². The van der Waals surface area contributed by atoms with E-state index in [1.165, 1.54) is 0 Å². The Morgan fingerprint density at radius 3 is 2.45 bits per heavy atom. The summed E-state index contributed by atoms with van der Waals surface area (Å²) in [5, 5.41) is 12.7. The fraction of sp³-hybridized carbons (Fsp3) is 0.409. The normalized spacial score (nSPS) is 21.0. The number of aliphatic hydroxyl groups is 1. The van der Waals surface area contributed by atoms with E-state index < -0.39 is 29.6 Å². The van der Waals surface area contributed by atoms with Gasteiger partial charge in [0.1, 0.15) is 0 Å². The molecule has 2 amide bonds. The van der Waals surface area contributed by atoms with E-state index in [2.05, 4.69) is 10.3 Å². The molecule has 0 spiro atoms. The molecule has 0 radical (unpaired) electrons. The molecule has 2 aromatic heterocycles. The van der Waals surface area contributed by atoms with Crippen molar-refractivity contribution in [1.82, 2.24) is 19.4 Å². The van der Waals surface area contributed by atoms with Crippen LogP contribution in [-0.4, -0.2) is 48.9 Å². The fourth-order valence-electron chi connectivity index (χ4n) is 4.30. The number of fused-ring (bicyclic) bond motifs is 1. The summed E-state index contributed by atoms with van der Waals surface area (Å²) in [5.74, 6) is -2.02. The maximum Gasteiger partial charge on any atom is 0.426 e. The number of alkyl halides is 3. The van der Waals surface area contributed by atoms with Gasteiger partial charge in [-0.1, -0.05) is 0 Å². The van der Waals surface area contributed by atoms with Crippen LogP contribution in [0.1, 0.15) is 49.0 Å². The largest absolute Gasteiger partial charge is 0.426 e. The number of hydrogen-bond donors (Lipinski definition) is 3. The summed E-state index contributed by atoms with van der Waals surface area (Å²) in [6.07, 6.45) is 3.83. The lowest BCUT2D eigenvalue weighted by Gasteiger charge is -2.33. The number of nitrogens with one attached hydrogen (secondary N) is 1. The number of carbonyl (C=O) groups is 2. The van der Waals surface area contributed by atoms with E-state index in [0.29, 0.717) is 43.7 Å². The van der Waals surface area contributed by atoms with Crippen LogP contribution in [0.2, 0.25) is 0 Å². The lowest BCUT2D eigenvalue weighted by molar-refractivity contribution is -0.245. The number of aromatic nitrogens is 3. The Morgan fingerprint density at radius 1 is 1.18 bits per heavy atom. The molecule has 1 unspecified atom stereocenters. The maximum atomic E-state index is 12.9. The van der Waals surface area contributed by atoms with E-state index in [-0.39, 0.29) is 6.04 Å². The second-order valence-electron chi connectivity index (χ2n) is 8.54. The number of benzene rings is 1. The van der Waals surface area contributed by atoms with Crippen molar-refractivity contribution in [1.29, 1.82) is 0 Å². The van der Waals surface area contributed by atoms with Crippen LogP contribution in [0.4, 0.5) is 13.2 Å². The number of amides is 2. The number of primary amides is 1. The van der Waals surface area contributed by atoms with Crippen LogP contribution < -0.4 is 11.1 Å². The molecule has 8 nitrogen and oxygen atoms in total. The monoisotopic (exact) mass is 463 g/mol. The van der Waals surface area contributed by atoms with Crippen molar-refractivity contribution in [2.75, 3.05) is 0 Å². The minimum absolute atomic E-state index is 0.0176. The molecule has 0 saturated heterocycles. The van der Waals surface area contributed by atoms with Crippen molar-refractivity contribution >= 4 is 22.7 Å². The minimum Gasteiger partial charge on any atom is -0.373 e. The first-order valence-electron chi connectivity index (χ1n) is 10.5. The zero-order valence-electron chi connectivity index (χ0n) is 17.8. The Morgan fingerprint density at radius 2 is 1.88 bits per heavy atom. The Kier molecular flexibility index (Phi) is 5.69. The van der Waals surface area contributed by atoms with Gasteiger partial charge in [0, 0.05) is 41.7 Å². The van der Waals surface area contributed by atoms with Gasteiger partial charge in [0.05, 0.1) is 17.4 Å². The summed E-state index contributed by atoms with van der Waals surface area (Å²) in [6.45, 7) is 0.448. The Bertz CT molecular complexity index is 1180. The molecule has 1 aliphatic rings. The Balaban J connectivity index is 1.53. The number of carbonyl (C=O) groups excluding carboxylic acids is 2. The first-order valence-corrected chi connectivity index (χ1v) is 10.5. The standard InChI is InChI=1S/C22H24F3N5O3/c1-21(33,22(23,24)25)20(32)28-14-2-4-15(5-3-14)30-8-6-13-10-16(29-9-7-27-12-29)11-17(18(13)30)19(26)31/h6-12,14-15,33H,2-5H2,1H3,(H2,26,31)(H,28,32). The number of nitrogens with two attached hydrogens (primary N) is 1. The van der Waals surface area contributed by atoms with Crippen molar-refractivity contribution in [2.45, 2.75) is 56.5 Å². The van der Waals surface area contributed by atoms with Gasteiger partial charge in [0.15, 0.2) is 0 Å². The molecule has 1 aliphatic carbocycles. The highest BCUT2D eigenvalue weighted by atomic mass is 19.4. The van der Waals surface area contributed by atoms with Crippen molar-refractivity contribution in [3.05, 3.63) is 48.7 Å². The highest BCUT2D eigenvalue weighted by Gasteiger charge is 2.56. The molecule has 11 heteroatoms. The predicted octanol–water partition coefficient (Wildman–Crippen LogP) is 2.84. The van der Waals surface area contributed by atoms with Crippen molar-refractivity contribution in [3.8, 4) is 5.69 Å². The zero-order chi connectivity index (χ0) is 24.0. The first-order chi connectivity index (χ1) is 15.5. The molecule has 1 aromatic carbocycles. The van der Waals surface area contributed by atoms with Crippen molar-refractivity contribution < 1.29 is 27.9 Å². The second-order valence-corrected chi connectivity index (χ2v) is 8.54. The van der Waals surface area contributed by atoms with Gasteiger partial charge >= 0.3 is 6.18 Å². The summed E-state index contributed by atoms with van der Waals surface area (Å²) in [7, 11) is 0. The van der Waals surface area contributed by atoms with Crippen LogP contribution in [0.15, 0.2) is 43.1 Å². The minimum atomic E-state index is -5.06. The van der Waals surface area contributed by atoms with E-state index in [0.717, 1.165) is 11.1 Å². The Labute approximate surface area is 187 Å². The number of imidazole rings is 1. The molecule has 33 heavy (non-hydrogen) atoms. The molecule has 1 fully saturated rings.